The summed E-state index contributed by atoms with van der Waals surface area (Å²) >= 11 is 0. The summed E-state index contributed by atoms with van der Waals surface area (Å²) in [4.78, 5) is 19.6. The number of hydrogen-bond donors (Lipinski definition) is 2. The molecule has 1 fully saturated rings. The summed E-state index contributed by atoms with van der Waals surface area (Å²) in [5.74, 6) is 0.786. The molecule has 2 N–H and O–H groups in total. The second kappa shape index (κ2) is 10.4. The van der Waals surface area contributed by atoms with Crippen molar-refractivity contribution in [3.63, 3.8) is 0 Å². The van der Waals surface area contributed by atoms with Crippen LogP contribution in [0.4, 0.5) is 0 Å². The zero-order valence-electron chi connectivity index (χ0n) is 23.6. The highest BCUT2D eigenvalue weighted by Gasteiger charge is 2.46. The van der Waals surface area contributed by atoms with Gasteiger partial charge >= 0.3 is 0 Å². The minimum atomic E-state index is -0.728. The molecule has 1 aliphatic rings. The summed E-state index contributed by atoms with van der Waals surface area (Å²) < 4.78 is 12.7. The Balaban J connectivity index is 1.50. The lowest BCUT2D eigenvalue weighted by Gasteiger charge is -2.48. The molecule has 0 aliphatic carbocycles. The number of amides is 1. The highest BCUT2D eigenvalue weighted by atomic mass is 16.5. The molecule has 3 aromatic heterocycles. The Morgan fingerprint density at radius 2 is 1.95 bits per heavy atom. The van der Waals surface area contributed by atoms with Crippen molar-refractivity contribution in [2.24, 2.45) is 0 Å². The van der Waals surface area contributed by atoms with Gasteiger partial charge in [-0.3, -0.25) is 14.8 Å². The molecule has 1 aliphatic heterocycles. The normalized spacial score (nSPS) is 16.3. The summed E-state index contributed by atoms with van der Waals surface area (Å²) in [6, 6.07) is 10.6. The van der Waals surface area contributed by atoms with E-state index < -0.39 is 5.54 Å². The number of benzene rings is 1. The number of aromatic amines is 1. The van der Waals surface area contributed by atoms with Crippen LogP contribution < -0.4 is 10.1 Å². The number of ether oxygens (including phenoxy) is 2. The molecule has 0 saturated carbocycles. The summed E-state index contributed by atoms with van der Waals surface area (Å²) in [6.07, 6.45) is 3.43. The van der Waals surface area contributed by atoms with Crippen molar-refractivity contribution in [3.8, 4) is 28.3 Å². The molecule has 0 spiro atoms. The number of likely N-dealkylation sites (N-methyl/N-ethyl adjacent to an activating group) is 2. The van der Waals surface area contributed by atoms with E-state index in [-0.39, 0.29) is 23.8 Å². The average Bonchev–Trinajstić information content (AvgIpc) is 3.57. The van der Waals surface area contributed by atoms with E-state index in [1.54, 1.807) is 18.7 Å². The molecular weight excluding hydrogens is 494 g/mol. The van der Waals surface area contributed by atoms with E-state index in [1.165, 1.54) is 6.33 Å². The van der Waals surface area contributed by atoms with Crippen LogP contribution >= 0.6 is 0 Å². The largest absolute Gasteiger partial charge is 0.493 e. The van der Waals surface area contributed by atoms with Crippen molar-refractivity contribution in [1.29, 1.82) is 0 Å². The van der Waals surface area contributed by atoms with Gasteiger partial charge in [-0.2, -0.15) is 10.2 Å². The lowest BCUT2D eigenvalue weighted by Crippen LogP contribution is -2.64. The molecule has 1 amide bonds. The van der Waals surface area contributed by atoms with E-state index in [2.05, 4.69) is 70.4 Å². The Hall–Kier alpha value is -3.76. The molecule has 0 bridgehead atoms. The van der Waals surface area contributed by atoms with Crippen molar-refractivity contribution in [3.05, 3.63) is 54.0 Å². The highest BCUT2D eigenvalue weighted by molar-refractivity contribution is 5.87. The van der Waals surface area contributed by atoms with Gasteiger partial charge in [0.2, 0.25) is 5.91 Å². The molecule has 10 nitrogen and oxygen atoms in total. The predicted octanol–water partition coefficient (Wildman–Crippen LogP) is 3.86. The van der Waals surface area contributed by atoms with Crippen LogP contribution in [0.2, 0.25) is 0 Å². The van der Waals surface area contributed by atoms with Gasteiger partial charge in [-0.25, -0.2) is 9.50 Å². The van der Waals surface area contributed by atoms with E-state index >= 15 is 0 Å². The molecule has 1 saturated heterocycles. The van der Waals surface area contributed by atoms with Crippen LogP contribution in [0, 0.1) is 0 Å². The average molecular weight is 532 g/mol. The Labute approximate surface area is 228 Å². The first-order chi connectivity index (χ1) is 18.7. The Bertz CT molecular complexity index is 1470. The number of carbonyl (C=O) groups is 1. The van der Waals surface area contributed by atoms with Crippen LogP contribution in [-0.4, -0.2) is 81.6 Å². The van der Waals surface area contributed by atoms with Gasteiger partial charge in [-0.15, -0.1) is 0 Å². The predicted molar refractivity (Wildman–Crippen MR) is 150 cm³/mol. The summed E-state index contributed by atoms with van der Waals surface area (Å²) in [6.45, 7) is 9.74. The van der Waals surface area contributed by atoms with Gasteiger partial charge in [0.05, 0.1) is 37.8 Å². The zero-order valence-corrected chi connectivity index (χ0v) is 23.6. The second-order valence-corrected chi connectivity index (χ2v) is 10.7. The number of pyridine rings is 1. The molecule has 4 heterocycles. The van der Waals surface area contributed by atoms with Gasteiger partial charge in [0, 0.05) is 30.3 Å². The first-order valence-corrected chi connectivity index (χ1v) is 13.3. The lowest BCUT2D eigenvalue weighted by atomic mass is 9.78. The number of methoxy groups -OCH3 is 1. The third-order valence-electron chi connectivity index (χ3n) is 8.35. The minimum absolute atomic E-state index is 0.00596. The number of hydrogen-bond acceptors (Lipinski definition) is 7. The minimum Gasteiger partial charge on any atom is -0.493 e. The van der Waals surface area contributed by atoms with Crippen LogP contribution in [0.15, 0.2) is 42.9 Å². The fraction of sp³-hybridized carbons (Fsp3) is 0.448. The maximum absolute atomic E-state index is 13.2. The van der Waals surface area contributed by atoms with Gasteiger partial charge in [0.15, 0.2) is 11.4 Å². The number of nitrogens with zero attached hydrogens (tertiary/aromatic N) is 5. The van der Waals surface area contributed by atoms with Crippen molar-refractivity contribution >= 4 is 11.6 Å². The molecule has 4 aromatic rings. The molecular formula is C29H37N7O3. The Kier molecular flexibility index (Phi) is 7.17. The first-order valence-electron chi connectivity index (χ1n) is 13.3. The van der Waals surface area contributed by atoms with E-state index in [9.17, 15) is 4.79 Å². The molecule has 10 heteroatoms. The Morgan fingerprint density at radius 1 is 1.23 bits per heavy atom. The number of fused-ring (bicyclic) bond motifs is 1. The summed E-state index contributed by atoms with van der Waals surface area (Å²) in [5, 5.41) is 15.2. The van der Waals surface area contributed by atoms with E-state index in [1.807, 2.05) is 26.2 Å². The number of nitrogens with one attached hydrogen (secondary N) is 2. The topological polar surface area (TPSA) is 110 Å². The maximum Gasteiger partial charge on any atom is 0.240 e. The SMILES string of the molecule is CNC(=O)C(C)([C@@H](C)c1ccc(-c2[nH]nc(-c3cc(OC)c4ncnn4c3)c2C(C)C)cc1)N(C)C1COC1. The third-order valence-corrected chi connectivity index (χ3v) is 8.35. The second-order valence-electron chi connectivity index (χ2n) is 10.7. The molecule has 1 unspecified atom stereocenters. The van der Waals surface area contributed by atoms with E-state index in [0.717, 1.165) is 33.6 Å². The summed E-state index contributed by atoms with van der Waals surface area (Å²) in [5.41, 5.74) is 5.87. The molecule has 206 valence electrons. The summed E-state index contributed by atoms with van der Waals surface area (Å²) in [7, 11) is 5.34. The quantitative estimate of drug-likeness (QED) is 0.338. The van der Waals surface area contributed by atoms with Gasteiger partial charge < -0.3 is 14.8 Å². The number of aromatic nitrogens is 5. The molecule has 5 rings (SSSR count). The lowest BCUT2D eigenvalue weighted by molar-refractivity contribution is -0.143. The van der Waals surface area contributed by atoms with Gasteiger partial charge in [-0.1, -0.05) is 45.0 Å². The van der Waals surface area contributed by atoms with Crippen LogP contribution in [0.5, 0.6) is 5.75 Å². The number of H-pyrrole nitrogens is 1. The smallest absolute Gasteiger partial charge is 0.240 e. The number of carbonyl (C=O) groups excluding carboxylic acids is 1. The monoisotopic (exact) mass is 531 g/mol. The zero-order chi connectivity index (χ0) is 27.9. The fourth-order valence-electron chi connectivity index (χ4n) is 5.53. The maximum atomic E-state index is 13.2. The van der Waals surface area contributed by atoms with Crippen molar-refractivity contribution in [2.75, 3.05) is 34.4 Å². The van der Waals surface area contributed by atoms with Gasteiger partial charge in [-0.05, 0) is 37.1 Å². The van der Waals surface area contributed by atoms with Crippen LogP contribution in [0.1, 0.15) is 50.7 Å². The van der Waals surface area contributed by atoms with Crippen LogP contribution in [-0.2, 0) is 9.53 Å². The number of rotatable bonds is 9. The molecule has 0 radical (unpaired) electrons. The molecule has 2 atom stereocenters. The van der Waals surface area contributed by atoms with Crippen LogP contribution in [0.3, 0.4) is 0 Å². The van der Waals surface area contributed by atoms with Crippen molar-refractivity contribution < 1.29 is 14.3 Å². The van der Waals surface area contributed by atoms with Crippen LogP contribution in [0.25, 0.3) is 28.2 Å². The van der Waals surface area contributed by atoms with Crippen molar-refractivity contribution in [2.45, 2.75) is 51.1 Å². The van der Waals surface area contributed by atoms with Crippen molar-refractivity contribution in [1.82, 2.24) is 35.0 Å². The third kappa shape index (κ3) is 4.47. The van der Waals surface area contributed by atoms with Gasteiger partial charge in [0.1, 0.15) is 11.9 Å². The Morgan fingerprint density at radius 3 is 2.54 bits per heavy atom. The molecule has 1 aromatic carbocycles. The fourth-order valence-corrected chi connectivity index (χ4v) is 5.53. The standard InChI is InChI=1S/C29H37N7O3/c1-17(2)24-25(33-34-26(24)21-12-23(38-7)27-31-16-32-36(27)13-21)20-10-8-19(9-11-20)18(3)29(4,28(37)30-5)35(6)22-14-39-15-22/h8-13,16-18,22H,14-15H2,1-7H3,(H,30,37)(H,33,34)/t18-,29?/m0/s1. The molecule has 39 heavy (non-hydrogen) atoms. The van der Waals surface area contributed by atoms with E-state index in [0.29, 0.717) is 24.6 Å². The first kappa shape index (κ1) is 26.8. The van der Waals surface area contributed by atoms with Gasteiger partial charge in [0.25, 0.3) is 0 Å². The highest BCUT2D eigenvalue weighted by Crippen LogP contribution is 2.39. The van der Waals surface area contributed by atoms with E-state index in [4.69, 9.17) is 14.6 Å².